The van der Waals surface area contributed by atoms with Crippen molar-refractivity contribution in [2.75, 3.05) is 7.05 Å². The minimum Gasteiger partial charge on any atom is -0.389 e. The zero-order chi connectivity index (χ0) is 8.43. The Morgan fingerprint density at radius 2 is 2.09 bits per heavy atom. The fourth-order valence-electron chi connectivity index (χ4n) is 1.62. The summed E-state index contributed by atoms with van der Waals surface area (Å²) in [6, 6.07) is 0.189. The van der Waals surface area contributed by atoms with E-state index in [9.17, 15) is 5.11 Å². The molecule has 66 valence electrons. The van der Waals surface area contributed by atoms with Crippen molar-refractivity contribution in [3.63, 3.8) is 0 Å². The summed E-state index contributed by atoms with van der Waals surface area (Å²) in [6.07, 6.45) is 0.736. The van der Waals surface area contributed by atoms with E-state index in [1.54, 1.807) is 0 Å². The largest absolute Gasteiger partial charge is 0.389 e. The Kier molecular flexibility index (Phi) is 2.87. The molecular weight excluding hydrogens is 142 g/mol. The smallest absolute Gasteiger partial charge is 0.0952 e. The van der Waals surface area contributed by atoms with Crippen molar-refractivity contribution in [3.05, 3.63) is 0 Å². The van der Waals surface area contributed by atoms with Gasteiger partial charge >= 0.3 is 0 Å². The van der Waals surface area contributed by atoms with E-state index in [0.717, 1.165) is 6.42 Å². The van der Waals surface area contributed by atoms with Crippen molar-refractivity contribution in [3.8, 4) is 0 Å². The molecule has 0 aliphatic carbocycles. The van der Waals surface area contributed by atoms with E-state index in [1.165, 1.54) is 0 Å². The third kappa shape index (κ3) is 1.92. The predicted molar refractivity (Wildman–Crippen MR) is 43.5 cm³/mol. The van der Waals surface area contributed by atoms with Gasteiger partial charge in [0.1, 0.15) is 0 Å². The van der Waals surface area contributed by atoms with Gasteiger partial charge in [-0.1, -0.05) is 0 Å². The van der Waals surface area contributed by atoms with Gasteiger partial charge in [0.15, 0.2) is 0 Å². The van der Waals surface area contributed by atoms with Crippen molar-refractivity contribution in [1.29, 1.82) is 0 Å². The van der Waals surface area contributed by atoms with E-state index < -0.39 is 0 Å². The van der Waals surface area contributed by atoms with Gasteiger partial charge in [0.25, 0.3) is 0 Å². The fourth-order valence-corrected chi connectivity index (χ4v) is 1.62. The van der Waals surface area contributed by atoms with Gasteiger partial charge in [-0.25, -0.2) is 0 Å². The van der Waals surface area contributed by atoms with Crippen LogP contribution in [0.15, 0.2) is 0 Å². The summed E-state index contributed by atoms with van der Waals surface area (Å²) in [5.41, 5.74) is 0. The average Bonchev–Trinajstić information content (AvgIpc) is 1.96. The summed E-state index contributed by atoms with van der Waals surface area (Å²) in [7, 11) is 1.87. The Morgan fingerprint density at radius 1 is 1.45 bits per heavy atom. The maximum Gasteiger partial charge on any atom is 0.0952 e. The minimum absolute atomic E-state index is 0.0452. The molecule has 2 N–H and O–H groups in total. The quantitative estimate of drug-likeness (QED) is 0.571. The second-order valence-electron chi connectivity index (χ2n) is 3.27. The first kappa shape index (κ1) is 8.97. The van der Waals surface area contributed by atoms with Crippen LogP contribution in [0.2, 0.25) is 0 Å². The molecule has 3 heteroatoms. The van der Waals surface area contributed by atoms with Crippen LogP contribution < -0.4 is 5.32 Å². The molecule has 3 nitrogen and oxygen atoms in total. The Labute approximate surface area is 67.7 Å². The van der Waals surface area contributed by atoms with Gasteiger partial charge in [-0.2, -0.15) is 0 Å². The molecule has 0 aromatic heterocycles. The van der Waals surface area contributed by atoms with Gasteiger partial charge < -0.3 is 15.2 Å². The molecule has 0 saturated carbocycles. The van der Waals surface area contributed by atoms with Gasteiger partial charge in [0.2, 0.25) is 0 Å². The molecule has 1 aliphatic rings. The third-order valence-electron chi connectivity index (χ3n) is 2.30. The molecule has 0 spiro atoms. The topological polar surface area (TPSA) is 41.5 Å². The molecule has 0 bridgehead atoms. The summed E-state index contributed by atoms with van der Waals surface area (Å²) in [5, 5.41) is 12.7. The number of rotatable bonds is 1. The lowest BCUT2D eigenvalue weighted by atomic mass is 9.97. The average molecular weight is 159 g/mol. The van der Waals surface area contributed by atoms with E-state index in [-0.39, 0.29) is 24.4 Å². The monoisotopic (exact) mass is 159 g/mol. The van der Waals surface area contributed by atoms with Crippen molar-refractivity contribution in [2.45, 2.75) is 44.6 Å². The number of aliphatic hydroxyl groups is 1. The zero-order valence-corrected chi connectivity index (χ0v) is 7.37. The molecule has 11 heavy (non-hydrogen) atoms. The van der Waals surface area contributed by atoms with Gasteiger partial charge in [0, 0.05) is 6.04 Å². The first-order valence-electron chi connectivity index (χ1n) is 4.16. The van der Waals surface area contributed by atoms with Crippen LogP contribution in [0.4, 0.5) is 0 Å². The molecule has 1 fully saturated rings. The van der Waals surface area contributed by atoms with E-state index >= 15 is 0 Å². The molecule has 1 heterocycles. The van der Waals surface area contributed by atoms with E-state index in [2.05, 4.69) is 5.32 Å². The Balaban J connectivity index is 2.51. The van der Waals surface area contributed by atoms with Crippen molar-refractivity contribution >= 4 is 0 Å². The number of aliphatic hydroxyl groups excluding tert-OH is 1. The number of ether oxygens (including phenoxy) is 1. The summed E-state index contributed by atoms with van der Waals surface area (Å²) in [6.45, 7) is 3.94. The van der Waals surface area contributed by atoms with Gasteiger partial charge in [-0.05, 0) is 27.3 Å². The number of hydrogen-bond acceptors (Lipinski definition) is 3. The molecule has 1 aliphatic heterocycles. The van der Waals surface area contributed by atoms with E-state index in [4.69, 9.17) is 4.74 Å². The maximum atomic E-state index is 9.57. The Bertz CT molecular complexity index is 129. The zero-order valence-electron chi connectivity index (χ0n) is 7.37. The second kappa shape index (κ2) is 3.52. The van der Waals surface area contributed by atoms with Crippen molar-refractivity contribution < 1.29 is 9.84 Å². The lowest BCUT2D eigenvalue weighted by Gasteiger charge is -2.36. The second-order valence-corrected chi connectivity index (χ2v) is 3.27. The molecule has 0 unspecified atom stereocenters. The molecule has 0 aromatic rings. The lowest BCUT2D eigenvalue weighted by Crippen LogP contribution is -2.51. The molecule has 0 amide bonds. The van der Waals surface area contributed by atoms with Crippen LogP contribution in [0.5, 0.6) is 0 Å². The highest BCUT2D eigenvalue weighted by atomic mass is 16.5. The fraction of sp³-hybridized carbons (Fsp3) is 1.00. The molecular formula is C8H17NO2. The predicted octanol–water partition coefficient (Wildman–Crippen LogP) is 0.133. The van der Waals surface area contributed by atoms with Crippen LogP contribution in [-0.4, -0.2) is 36.5 Å². The van der Waals surface area contributed by atoms with Gasteiger partial charge in [0.05, 0.1) is 18.3 Å². The lowest BCUT2D eigenvalue weighted by molar-refractivity contribution is -0.116. The summed E-state index contributed by atoms with van der Waals surface area (Å²) in [5.74, 6) is 0. The van der Waals surface area contributed by atoms with Crippen molar-refractivity contribution in [1.82, 2.24) is 5.32 Å². The number of hydrogen-bond donors (Lipinski definition) is 2. The normalized spacial score (nSPS) is 45.8. The van der Waals surface area contributed by atoms with Gasteiger partial charge in [-0.15, -0.1) is 0 Å². The van der Waals surface area contributed by atoms with Crippen LogP contribution >= 0.6 is 0 Å². The molecule has 1 rings (SSSR count). The molecule has 1 saturated heterocycles. The summed E-state index contributed by atoms with van der Waals surface area (Å²) >= 11 is 0. The van der Waals surface area contributed by atoms with Crippen molar-refractivity contribution in [2.24, 2.45) is 0 Å². The number of nitrogens with one attached hydrogen (secondary N) is 1. The molecule has 0 aromatic carbocycles. The van der Waals surface area contributed by atoms with Crippen LogP contribution in [-0.2, 0) is 4.74 Å². The third-order valence-corrected chi connectivity index (χ3v) is 2.30. The highest BCUT2D eigenvalue weighted by Gasteiger charge is 2.31. The van der Waals surface area contributed by atoms with E-state index in [1.807, 2.05) is 20.9 Å². The highest BCUT2D eigenvalue weighted by molar-refractivity contribution is 4.85. The standard InChI is InChI=1S/C8H17NO2/c1-5-4-7(9-3)8(10)6(2)11-5/h5-10H,4H2,1-3H3/t5-,6+,7+,8+/m1/s1. The molecule has 4 atom stereocenters. The highest BCUT2D eigenvalue weighted by Crippen LogP contribution is 2.19. The SMILES string of the molecule is CN[C@H]1C[C@@H](C)O[C@@H](C)[C@@H]1O. The molecule has 0 radical (unpaired) electrons. The van der Waals surface area contributed by atoms with Crippen LogP contribution in [0.1, 0.15) is 20.3 Å². The minimum atomic E-state index is -0.365. The van der Waals surface area contributed by atoms with Crippen LogP contribution in [0.25, 0.3) is 0 Å². The number of likely N-dealkylation sites (N-methyl/N-ethyl adjacent to an activating group) is 1. The first-order chi connectivity index (χ1) is 5.15. The Morgan fingerprint density at radius 3 is 2.64 bits per heavy atom. The summed E-state index contributed by atoms with van der Waals surface area (Å²) < 4.78 is 5.44. The van der Waals surface area contributed by atoms with Crippen LogP contribution in [0, 0.1) is 0 Å². The summed E-state index contributed by atoms with van der Waals surface area (Å²) in [4.78, 5) is 0. The first-order valence-corrected chi connectivity index (χ1v) is 4.16. The Hall–Kier alpha value is -0.120. The maximum absolute atomic E-state index is 9.57. The van der Waals surface area contributed by atoms with Crippen LogP contribution in [0.3, 0.4) is 0 Å². The van der Waals surface area contributed by atoms with Gasteiger partial charge in [-0.3, -0.25) is 0 Å². The van der Waals surface area contributed by atoms with E-state index in [0.29, 0.717) is 0 Å².